The van der Waals surface area contributed by atoms with Gasteiger partial charge < -0.3 is 10.3 Å². The Labute approximate surface area is 117 Å². The maximum absolute atomic E-state index is 12.1. The van der Waals surface area contributed by atoms with Gasteiger partial charge in [0.2, 0.25) is 15.9 Å². The summed E-state index contributed by atoms with van der Waals surface area (Å²) in [5, 5.41) is 3.45. The summed E-state index contributed by atoms with van der Waals surface area (Å²) in [6, 6.07) is 4.74. The van der Waals surface area contributed by atoms with Crippen molar-refractivity contribution in [3.8, 4) is 0 Å². The van der Waals surface area contributed by atoms with E-state index in [4.69, 9.17) is 10.3 Å². The fourth-order valence-corrected chi connectivity index (χ4v) is 2.81. The number of nitrogens with one attached hydrogen (secondary N) is 1. The number of sulfonamides is 1. The van der Waals surface area contributed by atoms with Crippen LogP contribution in [0.5, 0.6) is 0 Å². The van der Waals surface area contributed by atoms with Crippen LogP contribution in [0.3, 0.4) is 0 Å². The van der Waals surface area contributed by atoms with Gasteiger partial charge >= 0.3 is 0 Å². The van der Waals surface area contributed by atoms with Gasteiger partial charge in [-0.2, -0.15) is 4.98 Å². The molecule has 0 atom stereocenters. The molecule has 0 radical (unpaired) electrons. The van der Waals surface area contributed by atoms with Gasteiger partial charge in [-0.1, -0.05) is 18.1 Å². The number of nitrogen functional groups attached to an aromatic ring is 1. The summed E-state index contributed by atoms with van der Waals surface area (Å²) in [5.41, 5.74) is 7.21. The third-order valence-electron chi connectivity index (χ3n) is 2.85. The van der Waals surface area contributed by atoms with Crippen LogP contribution >= 0.6 is 0 Å². The summed E-state index contributed by atoms with van der Waals surface area (Å²) in [6.45, 7) is 2.14. The first-order chi connectivity index (χ1) is 9.53. The zero-order valence-electron chi connectivity index (χ0n) is 11.0. The maximum atomic E-state index is 12.1. The molecule has 0 unspecified atom stereocenters. The number of hydrogen-bond acceptors (Lipinski definition) is 6. The highest BCUT2D eigenvalue weighted by molar-refractivity contribution is 7.89. The molecule has 0 aliphatic rings. The lowest BCUT2D eigenvalue weighted by atomic mass is 10.1. The van der Waals surface area contributed by atoms with Crippen LogP contribution in [-0.2, 0) is 22.9 Å². The first kappa shape index (κ1) is 14.5. The van der Waals surface area contributed by atoms with Crippen LogP contribution in [-0.4, -0.2) is 25.1 Å². The van der Waals surface area contributed by atoms with Crippen molar-refractivity contribution in [1.29, 1.82) is 0 Å². The van der Waals surface area contributed by atoms with Crippen molar-refractivity contribution in [3.05, 3.63) is 36.0 Å². The zero-order chi connectivity index (χ0) is 14.6. The van der Waals surface area contributed by atoms with Crippen LogP contribution < -0.4 is 10.5 Å². The normalized spacial score (nSPS) is 11.7. The van der Waals surface area contributed by atoms with Crippen molar-refractivity contribution in [2.45, 2.75) is 24.7 Å². The van der Waals surface area contributed by atoms with Crippen molar-refractivity contribution in [3.63, 3.8) is 0 Å². The van der Waals surface area contributed by atoms with Gasteiger partial charge in [0.1, 0.15) is 0 Å². The molecule has 0 amide bonds. The Morgan fingerprint density at radius 2 is 2.20 bits per heavy atom. The summed E-state index contributed by atoms with van der Waals surface area (Å²) in [7, 11) is -3.58. The average molecular weight is 296 g/mol. The Balaban J connectivity index is 2.04. The van der Waals surface area contributed by atoms with Crippen molar-refractivity contribution in [2.75, 3.05) is 12.3 Å². The molecule has 0 aliphatic carbocycles. The van der Waals surface area contributed by atoms with Crippen LogP contribution in [0.25, 0.3) is 0 Å². The van der Waals surface area contributed by atoms with E-state index >= 15 is 0 Å². The Morgan fingerprint density at radius 1 is 1.40 bits per heavy atom. The SMILES string of the molecule is CCc1ccc(S(=O)(=O)NCCc2ncno2)cc1N. The summed E-state index contributed by atoms with van der Waals surface area (Å²) >= 11 is 0. The molecule has 0 aliphatic heterocycles. The molecule has 2 rings (SSSR count). The molecule has 3 N–H and O–H groups in total. The van der Waals surface area contributed by atoms with Crippen LogP contribution in [0.1, 0.15) is 18.4 Å². The summed E-state index contributed by atoms with van der Waals surface area (Å²) in [5.74, 6) is 0.383. The number of hydrogen-bond donors (Lipinski definition) is 2. The monoisotopic (exact) mass is 296 g/mol. The topological polar surface area (TPSA) is 111 Å². The molecular formula is C12H16N4O3S. The Hall–Kier alpha value is -1.93. The van der Waals surface area contributed by atoms with E-state index in [0.29, 0.717) is 18.0 Å². The molecule has 2 aromatic rings. The second-order valence-electron chi connectivity index (χ2n) is 4.20. The molecule has 8 heteroatoms. The van der Waals surface area contributed by atoms with Gasteiger partial charge in [-0.15, -0.1) is 0 Å². The number of benzene rings is 1. The smallest absolute Gasteiger partial charge is 0.240 e. The number of nitrogens with two attached hydrogens (primary N) is 1. The van der Waals surface area contributed by atoms with Crippen LogP contribution in [0.2, 0.25) is 0 Å². The van der Waals surface area contributed by atoms with Gasteiger partial charge in [0.15, 0.2) is 6.33 Å². The number of anilines is 1. The molecule has 1 aromatic carbocycles. The first-order valence-electron chi connectivity index (χ1n) is 6.16. The highest BCUT2D eigenvalue weighted by Gasteiger charge is 2.15. The molecule has 7 nitrogen and oxygen atoms in total. The Kier molecular flexibility index (Phi) is 4.35. The van der Waals surface area contributed by atoms with Gasteiger partial charge in [-0.25, -0.2) is 13.1 Å². The standard InChI is InChI=1S/C12H16N4O3S/c1-2-9-3-4-10(7-11(9)13)20(17,18)16-6-5-12-14-8-15-19-12/h3-4,7-8,16H,2,5-6,13H2,1H3. The van der Waals surface area contributed by atoms with E-state index in [1.807, 2.05) is 6.92 Å². The zero-order valence-corrected chi connectivity index (χ0v) is 11.9. The van der Waals surface area contributed by atoms with E-state index in [-0.39, 0.29) is 11.4 Å². The number of nitrogens with zero attached hydrogens (tertiary/aromatic N) is 2. The first-order valence-corrected chi connectivity index (χ1v) is 7.65. The number of aryl methyl sites for hydroxylation is 1. The van der Waals surface area contributed by atoms with E-state index in [2.05, 4.69) is 14.9 Å². The predicted octanol–water partition coefficient (Wildman–Crippen LogP) is 0.735. The van der Waals surface area contributed by atoms with E-state index in [1.54, 1.807) is 12.1 Å². The van der Waals surface area contributed by atoms with Crippen LogP contribution in [0.4, 0.5) is 5.69 Å². The lowest BCUT2D eigenvalue weighted by Crippen LogP contribution is -2.26. The van der Waals surface area contributed by atoms with E-state index in [9.17, 15) is 8.42 Å². The molecule has 1 heterocycles. The molecule has 0 fully saturated rings. The molecule has 0 saturated heterocycles. The third kappa shape index (κ3) is 3.34. The van der Waals surface area contributed by atoms with Gasteiger partial charge in [0.05, 0.1) is 4.90 Å². The van der Waals surface area contributed by atoms with Gasteiger partial charge in [0.25, 0.3) is 0 Å². The number of rotatable bonds is 6. The van der Waals surface area contributed by atoms with E-state index in [0.717, 1.165) is 12.0 Å². The second kappa shape index (κ2) is 6.02. The summed E-state index contributed by atoms with van der Waals surface area (Å²) < 4.78 is 31.4. The maximum Gasteiger partial charge on any atom is 0.240 e. The number of aromatic nitrogens is 2. The van der Waals surface area contributed by atoms with Crippen LogP contribution in [0.15, 0.2) is 33.9 Å². The molecule has 1 aromatic heterocycles. The van der Waals surface area contributed by atoms with Crippen molar-refractivity contribution < 1.29 is 12.9 Å². The molecule has 108 valence electrons. The van der Waals surface area contributed by atoms with Gasteiger partial charge in [-0.05, 0) is 24.1 Å². The van der Waals surface area contributed by atoms with Gasteiger partial charge in [0, 0.05) is 18.7 Å². The Bertz CT molecular complexity index is 668. The third-order valence-corrected chi connectivity index (χ3v) is 4.31. The lowest BCUT2D eigenvalue weighted by molar-refractivity contribution is 0.377. The largest absolute Gasteiger partial charge is 0.398 e. The fraction of sp³-hybridized carbons (Fsp3) is 0.333. The summed E-state index contributed by atoms with van der Waals surface area (Å²) in [6.07, 6.45) is 2.37. The van der Waals surface area contributed by atoms with Crippen LogP contribution in [0, 0.1) is 0 Å². The quantitative estimate of drug-likeness (QED) is 0.760. The molecule has 0 saturated carbocycles. The molecular weight excluding hydrogens is 280 g/mol. The fourth-order valence-electron chi connectivity index (χ4n) is 1.74. The highest BCUT2D eigenvalue weighted by atomic mass is 32.2. The predicted molar refractivity (Wildman–Crippen MR) is 73.4 cm³/mol. The molecule has 20 heavy (non-hydrogen) atoms. The Morgan fingerprint density at radius 3 is 2.80 bits per heavy atom. The minimum atomic E-state index is -3.58. The minimum absolute atomic E-state index is 0.151. The summed E-state index contributed by atoms with van der Waals surface area (Å²) in [4.78, 5) is 3.96. The highest BCUT2D eigenvalue weighted by Crippen LogP contribution is 2.18. The second-order valence-corrected chi connectivity index (χ2v) is 5.96. The van der Waals surface area contributed by atoms with Crippen molar-refractivity contribution >= 4 is 15.7 Å². The van der Waals surface area contributed by atoms with E-state index < -0.39 is 10.0 Å². The van der Waals surface area contributed by atoms with E-state index in [1.165, 1.54) is 12.4 Å². The lowest BCUT2D eigenvalue weighted by Gasteiger charge is -2.08. The minimum Gasteiger partial charge on any atom is -0.398 e. The molecule has 0 spiro atoms. The van der Waals surface area contributed by atoms with Gasteiger partial charge in [-0.3, -0.25) is 0 Å². The van der Waals surface area contributed by atoms with Crippen molar-refractivity contribution in [1.82, 2.24) is 14.9 Å². The molecule has 0 bridgehead atoms. The van der Waals surface area contributed by atoms with Crippen molar-refractivity contribution in [2.24, 2.45) is 0 Å². The average Bonchev–Trinajstić information content (AvgIpc) is 2.91.